The predicted octanol–water partition coefficient (Wildman–Crippen LogP) is 0.864. The first kappa shape index (κ1) is 14.8. The van der Waals surface area contributed by atoms with Gasteiger partial charge in [0.05, 0.1) is 25.7 Å². The molecule has 0 aromatic heterocycles. The number of carbonyl (C=O) groups excluding carboxylic acids is 1. The fraction of sp³-hybridized carbons (Fsp3) is 0.875. The summed E-state index contributed by atoms with van der Waals surface area (Å²) >= 11 is 0. The van der Waals surface area contributed by atoms with Crippen LogP contribution < -0.4 is 5.32 Å². The van der Waals surface area contributed by atoms with Crippen LogP contribution in [-0.4, -0.2) is 66.1 Å². The average Bonchev–Trinajstić information content (AvgIpc) is 2.56. The van der Waals surface area contributed by atoms with Crippen LogP contribution >= 0.6 is 0 Å². The Morgan fingerprint density at radius 3 is 2.29 bits per heavy atom. The summed E-state index contributed by atoms with van der Waals surface area (Å²) in [6.07, 6.45) is 4.92. The lowest BCUT2D eigenvalue weighted by atomic mass is 9.82. The number of fused-ring (bicyclic) bond motifs is 3. The number of carbonyl (C=O) groups is 1. The molecule has 21 heavy (non-hydrogen) atoms. The highest BCUT2D eigenvalue weighted by atomic mass is 16.2. The summed E-state index contributed by atoms with van der Waals surface area (Å²) in [5.41, 5.74) is -0.598. The fourth-order valence-corrected chi connectivity index (χ4v) is 4.28. The van der Waals surface area contributed by atoms with Crippen LogP contribution in [0.5, 0.6) is 0 Å². The summed E-state index contributed by atoms with van der Waals surface area (Å²) in [5, 5.41) is 12.7. The molecule has 0 radical (unpaired) electrons. The van der Waals surface area contributed by atoms with Crippen molar-refractivity contribution in [3.05, 3.63) is 0 Å². The molecule has 4 aliphatic rings. The Morgan fingerprint density at radius 2 is 1.76 bits per heavy atom. The van der Waals surface area contributed by atoms with Crippen molar-refractivity contribution in [2.24, 2.45) is 0 Å². The van der Waals surface area contributed by atoms with Crippen molar-refractivity contribution in [3.8, 4) is 6.07 Å². The smallest absolute Gasteiger partial charge is 0.279 e. The zero-order chi connectivity index (χ0) is 14.9. The molecule has 5 heteroatoms. The number of nitrogens with zero attached hydrogens (tertiary/aromatic N) is 3. The third-order valence-corrected chi connectivity index (χ3v) is 6.07. The van der Waals surface area contributed by atoms with E-state index in [1.807, 2.05) is 0 Å². The molecule has 1 amide bonds. The van der Waals surface area contributed by atoms with E-state index in [0.717, 1.165) is 69.4 Å². The molecule has 3 heterocycles. The molecule has 116 valence electrons. The molecule has 0 spiro atoms. The minimum Gasteiger partial charge on any atom is -0.333 e. The molecular weight excluding hydrogens is 264 g/mol. The van der Waals surface area contributed by atoms with Gasteiger partial charge in [-0.15, -0.1) is 0 Å². The monoisotopic (exact) mass is 291 g/mol. The number of piperazine rings is 3. The van der Waals surface area contributed by atoms with E-state index in [2.05, 4.69) is 23.2 Å². The molecule has 3 aliphatic heterocycles. The van der Waals surface area contributed by atoms with Gasteiger partial charge < -0.3 is 9.80 Å². The lowest BCUT2D eigenvalue weighted by molar-refractivity contribution is -0.953. The van der Waals surface area contributed by atoms with E-state index >= 15 is 0 Å². The Kier molecular flexibility index (Phi) is 3.94. The molecule has 2 bridgehead atoms. The Balaban J connectivity index is 1.68. The van der Waals surface area contributed by atoms with Gasteiger partial charge in [-0.25, -0.2) is 0 Å². The van der Waals surface area contributed by atoms with Crippen LogP contribution in [0.2, 0.25) is 0 Å². The molecule has 0 aromatic carbocycles. The van der Waals surface area contributed by atoms with Crippen molar-refractivity contribution >= 4 is 5.91 Å². The van der Waals surface area contributed by atoms with E-state index < -0.39 is 5.54 Å². The van der Waals surface area contributed by atoms with Crippen molar-refractivity contribution in [2.75, 3.05) is 39.3 Å². The van der Waals surface area contributed by atoms with Crippen molar-refractivity contribution in [1.29, 1.82) is 5.26 Å². The van der Waals surface area contributed by atoms with Gasteiger partial charge in [-0.05, 0) is 19.8 Å². The maximum Gasteiger partial charge on any atom is 0.279 e. The van der Waals surface area contributed by atoms with E-state index in [4.69, 9.17) is 0 Å². The largest absolute Gasteiger partial charge is 0.333 e. The molecule has 0 unspecified atom stereocenters. The second-order valence-corrected chi connectivity index (χ2v) is 7.15. The number of nitriles is 1. The molecule has 1 atom stereocenters. The molecule has 4 fully saturated rings. The first-order valence-electron chi connectivity index (χ1n) is 8.41. The van der Waals surface area contributed by atoms with Crippen molar-refractivity contribution in [2.45, 2.75) is 50.6 Å². The van der Waals surface area contributed by atoms with Crippen LogP contribution in [0, 0.1) is 11.3 Å². The number of amides is 1. The maximum atomic E-state index is 12.8. The minimum atomic E-state index is -0.598. The van der Waals surface area contributed by atoms with Gasteiger partial charge in [0.1, 0.15) is 5.54 Å². The molecule has 3 saturated heterocycles. The standard InChI is InChI=1S/C16H26N4O/c1-14(20-10-7-19(8-11-20)9-12-20)15(21)18-16(13-17)5-3-2-4-6-16/h14H,2-12H2,1H3/p+1/t14-/m0/s1. The lowest BCUT2D eigenvalue weighted by Gasteiger charge is -2.53. The number of rotatable bonds is 3. The highest BCUT2D eigenvalue weighted by Crippen LogP contribution is 2.29. The molecule has 5 nitrogen and oxygen atoms in total. The minimum absolute atomic E-state index is 0.0281. The summed E-state index contributed by atoms with van der Waals surface area (Å²) in [6, 6.07) is 2.37. The first-order valence-corrected chi connectivity index (χ1v) is 8.41. The second-order valence-electron chi connectivity index (χ2n) is 7.15. The Bertz CT molecular complexity index is 428. The van der Waals surface area contributed by atoms with E-state index in [0.29, 0.717) is 0 Å². The average molecular weight is 291 g/mol. The number of quaternary nitrogens is 1. The summed E-state index contributed by atoms with van der Waals surface area (Å²) in [5.74, 6) is 0.0915. The topological polar surface area (TPSA) is 56.1 Å². The number of hydrogen-bond acceptors (Lipinski definition) is 3. The van der Waals surface area contributed by atoms with E-state index in [-0.39, 0.29) is 11.9 Å². The van der Waals surface area contributed by atoms with Crippen molar-refractivity contribution in [3.63, 3.8) is 0 Å². The second kappa shape index (κ2) is 5.58. The quantitative estimate of drug-likeness (QED) is 0.785. The third-order valence-electron chi connectivity index (χ3n) is 6.07. The summed E-state index contributed by atoms with van der Waals surface area (Å²) in [4.78, 5) is 15.3. The van der Waals surface area contributed by atoms with Crippen molar-refractivity contribution < 1.29 is 9.28 Å². The fourth-order valence-electron chi connectivity index (χ4n) is 4.28. The Labute approximate surface area is 127 Å². The molecule has 1 N–H and O–H groups in total. The van der Waals surface area contributed by atoms with E-state index in [1.54, 1.807) is 0 Å². The van der Waals surface area contributed by atoms with Crippen molar-refractivity contribution in [1.82, 2.24) is 10.2 Å². The third kappa shape index (κ3) is 2.67. The van der Waals surface area contributed by atoms with Gasteiger partial charge in [-0.1, -0.05) is 19.3 Å². The summed E-state index contributed by atoms with van der Waals surface area (Å²) in [6.45, 7) is 8.63. The van der Waals surface area contributed by atoms with Gasteiger partial charge in [-0.2, -0.15) is 5.26 Å². The molecule has 1 saturated carbocycles. The predicted molar refractivity (Wildman–Crippen MR) is 80.3 cm³/mol. The van der Waals surface area contributed by atoms with Crippen LogP contribution in [0.3, 0.4) is 0 Å². The van der Waals surface area contributed by atoms with Crippen LogP contribution in [-0.2, 0) is 4.79 Å². The normalized spacial score (nSPS) is 35.7. The van der Waals surface area contributed by atoms with Crippen LogP contribution in [0.25, 0.3) is 0 Å². The van der Waals surface area contributed by atoms with Crippen LogP contribution in [0.15, 0.2) is 0 Å². The first-order chi connectivity index (χ1) is 10.1. The number of hydrogen-bond donors (Lipinski definition) is 1. The van der Waals surface area contributed by atoms with Gasteiger partial charge in [0, 0.05) is 19.6 Å². The van der Waals surface area contributed by atoms with Gasteiger partial charge in [0.15, 0.2) is 6.04 Å². The lowest BCUT2D eigenvalue weighted by Crippen LogP contribution is -2.73. The molecule has 0 aromatic rings. The van der Waals surface area contributed by atoms with Crippen LogP contribution in [0.4, 0.5) is 0 Å². The van der Waals surface area contributed by atoms with Gasteiger partial charge in [0.25, 0.3) is 5.91 Å². The Morgan fingerprint density at radius 1 is 1.19 bits per heavy atom. The van der Waals surface area contributed by atoms with Gasteiger partial charge in [-0.3, -0.25) is 9.69 Å². The zero-order valence-corrected chi connectivity index (χ0v) is 13.1. The molecule has 4 rings (SSSR count). The van der Waals surface area contributed by atoms with Crippen LogP contribution in [0.1, 0.15) is 39.0 Å². The molecule has 1 aliphatic carbocycles. The zero-order valence-electron chi connectivity index (χ0n) is 13.1. The SMILES string of the molecule is C[C@@H](C(=O)NC1(C#N)CCCCC1)[N+]12CCN(CC1)CC2. The van der Waals surface area contributed by atoms with E-state index in [9.17, 15) is 10.1 Å². The Hall–Kier alpha value is -1.12. The summed E-state index contributed by atoms with van der Waals surface area (Å²) < 4.78 is 0.920. The number of nitrogens with one attached hydrogen (secondary N) is 1. The summed E-state index contributed by atoms with van der Waals surface area (Å²) in [7, 11) is 0. The van der Waals surface area contributed by atoms with Gasteiger partial charge >= 0.3 is 0 Å². The van der Waals surface area contributed by atoms with E-state index in [1.165, 1.54) is 6.42 Å². The molecular formula is C16H27N4O+. The maximum absolute atomic E-state index is 12.8. The highest BCUT2D eigenvalue weighted by molar-refractivity contribution is 5.81. The highest BCUT2D eigenvalue weighted by Gasteiger charge is 2.46. The van der Waals surface area contributed by atoms with Gasteiger partial charge in [0.2, 0.25) is 0 Å².